The van der Waals surface area contributed by atoms with Crippen LogP contribution in [0.25, 0.3) is 0 Å². The zero-order chi connectivity index (χ0) is 14.6. The summed E-state index contributed by atoms with van der Waals surface area (Å²) in [6.45, 7) is 5.07. The van der Waals surface area contributed by atoms with Crippen molar-refractivity contribution in [1.82, 2.24) is 0 Å². The molecule has 5 heteroatoms. The fourth-order valence-electron chi connectivity index (χ4n) is 1.99. The van der Waals surface area contributed by atoms with Gasteiger partial charge < -0.3 is 10.2 Å². The van der Waals surface area contributed by atoms with E-state index in [1.54, 1.807) is 12.1 Å². The molecule has 0 bridgehead atoms. The van der Waals surface area contributed by atoms with Gasteiger partial charge in [-0.15, -0.1) is 0 Å². The molecule has 0 aliphatic heterocycles. The van der Waals surface area contributed by atoms with Crippen LogP contribution in [0.3, 0.4) is 0 Å². The van der Waals surface area contributed by atoms with Crippen LogP contribution in [-0.2, 0) is 9.59 Å². The van der Waals surface area contributed by atoms with Crippen LogP contribution in [0.5, 0.6) is 5.75 Å². The van der Waals surface area contributed by atoms with Crippen molar-refractivity contribution in [2.24, 2.45) is 5.92 Å². The lowest BCUT2D eigenvalue weighted by atomic mass is 10.0. The second kappa shape index (κ2) is 6.22. The van der Waals surface area contributed by atoms with Crippen LogP contribution in [0.1, 0.15) is 27.2 Å². The van der Waals surface area contributed by atoms with E-state index in [-0.39, 0.29) is 17.4 Å². The largest absolute Gasteiger partial charge is 0.506 e. The predicted octanol–water partition coefficient (Wildman–Crippen LogP) is 2.24. The molecule has 0 radical (unpaired) electrons. The van der Waals surface area contributed by atoms with Crippen molar-refractivity contribution in [3.05, 3.63) is 24.3 Å². The van der Waals surface area contributed by atoms with Gasteiger partial charge in [0.25, 0.3) is 0 Å². The van der Waals surface area contributed by atoms with Gasteiger partial charge in [-0.1, -0.05) is 26.0 Å². The van der Waals surface area contributed by atoms with Crippen molar-refractivity contribution in [3.63, 3.8) is 0 Å². The maximum absolute atomic E-state index is 11.8. The molecule has 1 atom stereocenters. The second-order valence-corrected chi connectivity index (χ2v) is 4.86. The summed E-state index contributed by atoms with van der Waals surface area (Å²) in [4.78, 5) is 24.3. The first-order chi connectivity index (χ1) is 8.84. The molecule has 1 rings (SSSR count). The molecule has 5 nitrogen and oxygen atoms in total. The average molecular weight is 265 g/mol. The number of hydrogen-bond acceptors (Lipinski definition) is 3. The van der Waals surface area contributed by atoms with Gasteiger partial charge in [0.15, 0.2) is 0 Å². The van der Waals surface area contributed by atoms with Gasteiger partial charge in [-0.2, -0.15) is 0 Å². The maximum atomic E-state index is 11.8. The van der Waals surface area contributed by atoms with E-state index in [2.05, 4.69) is 0 Å². The van der Waals surface area contributed by atoms with Crippen LogP contribution in [0, 0.1) is 5.92 Å². The summed E-state index contributed by atoms with van der Waals surface area (Å²) in [5, 5.41) is 19.1. The minimum absolute atomic E-state index is 0.104. The van der Waals surface area contributed by atoms with Crippen molar-refractivity contribution in [1.29, 1.82) is 0 Å². The Balaban J connectivity index is 3.22. The summed E-state index contributed by atoms with van der Waals surface area (Å²) < 4.78 is 0. The third-order valence-corrected chi connectivity index (χ3v) is 2.77. The number of nitrogens with zero attached hydrogens (tertiary/aromatic N) is 1. The summed E-state index contributed by atoms with van der Waals surface area (Å²) in [7, 11) is 0. The quantitative estimate of drug-likeness (QED) is 0.856. The SMILES string of the molecule is CC(=O)N(c1ccccc1O)C(CC(C)C)C(=O)O. The summed E-state index contributed by atoms with van der Waals surface area (Å²) in [6, 6.07) is 5.26. The third-order valence-electron chi connectivity index (χ3n) is 2.77. The van der Waals surface area contributed by atoms with E-state index in [0.29, 0.717) is 6.42 Å². The third kappa shape index (κ3) is 3.71. The topological polar surface area (TPSA) is 77.8 Å². The first-order valence-corrected chi connectivity index (χ1v) is 6.15. The number of aromatic hydroxyl groups is 1. The molecule has 1 aromatic rings. The van der Waals surface area contributed by atoms with Crippen LogP contribution in [0.15, 0.2) is 24.3 Å². The van der Waals surface area contributed by atoms with Crippen molar-refractivity contribution in [2.75, 3.05) is 4.90 Å². The number of carbonyl (C=O) groups excluding carboxylic acids is 1. The van der Waals surface area contributed by atoms with Gasteiger partial charge in [-0.3, -0.25) is 9.69 Å². The molecule has 0 aliphatic carbocycles. The highest BCUT2D eigenvalue weighted by atomic mass is 16.4. The van der Waals surface area contributed by atoms with Gasteiger partial charge in [0, 0.05) is 6.92 Å². The van der Waals surface area contributed by atoms with Crippen molar-refractivity contribution >= 4 is 17.6 Å². The molecular formula is C14H19NO4. The van der Waals surface area contributed by atoms with Crippen LogP contribution < -0.4 is 4.90 Å². The highest BCUT2D eigenvalue weighted by Gasteiger charge is 2.31. The molecule has 0 aliphatic rings. The van der Waals surface area contributed by atoms with Crippen molar-refractivity contribution in [2.45, 2.75) is 33.2 Å². The molecule has 0 spiro atoms. The fraction of sp³-hybridized carbons (Fsp3) is 0.429. The summed E-state index contributed by atoms with van der Waals surface area (Å²) in [5.41, 5.74) is 0.225. The summed E-state index contributed by atoms with van der Waals surface area (Å²) in [5.74, 6) is -1.47. The van der Waals surface area contributed by atoms with E-state index >= 15 is 0 Å². The Hall–Kier alpha value is -2.04. The Morgan fingerprint density at radius 2 is 1.84 bits per heavy atom. The van der Waals surface area contributed by atoms with Gasteiger partial charge in [-0.05, 0) is 24.5 Å². The number of hydrogen-bond donors (Lipinski definition) is 2. The molecule has 104 valence electrons. The zero-order valence-electron chi connectivity index (χ0n) is 11.3. The van der Waals surface area contributed by atoms with E-state index in [9.17, 15) is 19.8 Å². The molecule has 0 fully saturated rings. The number of carbonyl (C=O) groups is 2. The fourth-order valence-corrected chi connectivity index (χ4v) is 1.99. The van der Waals surface area contributed by atoms with Crippen LogP contribution in [0.2, 0.25) is 0 Å². The Morgan fingerprint density at radius 1 is 1.26 bits per heavy atom. The monoisotopic (exact) mass is 265 g/mol. The number of anilines is 1. The number of amides is 1. The molecule has 0 saturated carbocycles. The highest BCUT2D eigenvalue weighted by molar-refractivity contribution is 5.99. The van der Waals surface area contributed by atoms with Gasteiger partial charge in [0.05, 0.1) is 5.69 Å². The number of para-hydroxylation sites is 2. The number of phenolic OH excluding ortho intramolecular Hbond substituents is 1. The Kier molecular flexibility index (Phi) is 4.92. The maximum Gasteiger partial charge on any atom is 0.326 e. The molecule has 1 amide bonds. The summed E-state index contributed by atoms with van der Waals surface area (Å²) >= 11 is 0. The normalized spacial score (nSPS) is 12.2. The highest BCUT2D eigenvalue weighted by Crippen LogP contribution is 2.30. The van der Waals surface area contributed by atoms with Crippen molar-refractivity contribution < 1.29 is 19.8 Å². The van der Waals surface area contributed by atoms with E-state index < -0.39 is 17.9 Å². The average Bonchev–Trinajstić information content (AvgIpc) is 2.29. The molecular weight excluding hydrogens is 246 g/mol. The Morgan fingerprint density at radius 3 is 2.26 bits per heavy atom. The van der Waals surface area contributed by atoms with Crippen molar-refractivity contribution in [3.8, 4) is 5.75 Å². The number of rotatable bonds is 5. The standard InChI is InChI=1S/C14H19NO4/c1-9(2)8-12(14(18)19)15(10(3)16)11-6-4-5-7-13(11)17/h4-7,9,12,17H,8H2,1-3H3,(H,18,19). The lowest BCUT2D eigenvalue weighted by Crippen LogP contribution is -2.45. The van der Waals surface area contributed by atoms with Gasteiger partial charge in [0.2, 0.25) is 5.91 Å². The molecule has 1 unspecified atom stereocenters. The van der Waals surface area contributed by atoms with E-state index in [1.165, 1.54) is 19.1 Å². The van der Waals surface area contributed by atoms with Crippen LogP contribution in [-0.4, -0.2) is 28.1 Å². The molecule has 2 N–H and O–H groups in total. The number of carboxylic acids is 1. The Labute approximate surface area is 112 Å². The van der Waals surface area contributed by atoms with Crippen LogP contribution in [0.4, 0.5) is 5.69 Å². The van der Waals surface area contributed by atoms with Crippen LogP contribution >= 0.6 is 0 Å². The van der Waals surface area contributed by atoms with E-state index in [4.69, 9.17) is 0 Å². The number of carboxylic acid groups (broad SMARTS) is 1. The summed E-state index contributed by atoms with van der Waals surface area (Å²) in [6.07, 6.45) is 0.323. The van der Waals surface area contributed by atoms with Gasteiger partial charge >= 0.3 is 5.97 Å². The van der Waals surface area contributed by atoms with Gasteiger partial charge in [0.1, 0.15) is 11.8 Å². The zero-order valence-corrected chi connectivity index (χ0v) is 11.3. The first kappa shape index (κ1) is 15.0. The number of aliphatic carboxylic acids is 1. The lowest BCUT2D eigenvalue weighted by Gasteiger charge is -2.29. The number of benzene rings is 1. The molecule has 0 heterocycles. The lowest BCUT2D eigenvalue weighted by molar-refractivity contribution is -0.140. The van der Waals surface area contributed by atoms with E-state index in [1.807, 2.05) is 13.8 Å². The van der Waals surface area contributed by atoms with E-state index in [0.717, 1.165) is 4.90 Å². The molecule has 0 saturated heterocycles. The molecule has 19 heavy (non-hydrogen) atoms. The smallest absolute Gasteiger partial charge is 0.326 e. The minimum Gasteiger partial charge on any atom is -0.506 e. The molecule has 0 aromatic heterocycles. The first-order valence-electron chi connectivity index (χ1n) is 6.15. The second-order valence-electron chi connectivity index (χ2n) is 4.86. The number of phenols is 1. The predicted molar refractivity (Wildman–Crippen MR) is 72.1 cm³/mol. The minimum atomic E-state index is -1.08. The molecule has 1 aromatic carbocycles. The van der Waals surface area contributed by atoms with Gasteiger partial charge in [-0.25, -0.2) is 4.79 Å². The Bertz CT molecular complexity index is 470.